The van der Waals surface area contributed by atoms with Crippen molar-refractivity contribution in [1.82, 2.24) is 0 Å². The Labute approximate surface area is 158 Å². The molecule has 0 aliphatic heterocycles. The molecule has 0 N–H and O–H groups in total. The Morgan fingerprint density at radius 1 is 0.870 bits per heavy atom. The van der Waals surface area contributed by atoms with Gasteiger partial charge in [0.15, 0.2) is 0 Å². The van der Waals surface area contributed by atoms with Crippen molar-refractivity contribution in [3.63, 3.8) is 0 Å². The largest absolute Gasteiger partial charge is 1.00 e. The second-order valence-corrected chi connectivity index (χ2v) is 5.38. The predicted octanol–water partition coefficient (Wildman–Crippen LogP) is 2.93. The molecular formula is C20H38LiO2-. The summed E-state index contributed by atoms with van der Waals surface area (Å²) in [4.78, 5) is 0. The second-order valence-electron chi connectivity index (χ2n) is 5.38. The molecule has 3 heteroatoms. The molecule has 0 aliphatic carbocycles. The van der Waals surface area contributed by atoms with Crippen LogP contribution in [-0.4, -0.2) is 25.9 Å². The van der Waals surface area contributed by atoms with Crippen molar-refractivity contribution in [3.8, 4) is 0 Å². The molecule has 0 radical (unpaired) electrons. The van der Waals surface area contributed by atoms with Gasteiger partial charge in [0, 0.05) is 12.7 Å². The van der Waals surface area contributed by atoms with Crippen molar-refractivity contribution in [2.24, 2.45) is 0 Å². The summed E-state index contributed by atoms with van der Waals surface area (Å²) in [5.41, 5.74) is 0. The third-order valence-corrected chi connectivity index (χ3v) is 3.29. The Bertz CT molecular complexity index is 220. The van der Waals surface area contributed by atoms with E-state index in [9.17, 15) is 0 Å². The number of hydrogen-bond acceptors (Lipinski definition) is 2. The van der Waals surface area contributed by atoms with Crippen LogP contribution in [0.2, 0.25) is 0 Å². The van der Waals surface area contributed by atoms with Crippen LogP contribution in [0.1, 0.15) is 78.6 Å². The SMILES string of the molecule is [CH-]=CCCCCCC.[CH-]=C[C@H](CCCCC)OCCOCC.[Li+]. The zero-order valence-corrected chi connectivity index (χ0v) is 16.2. The minimum absolute atomic E-state index is 0. The maximum absolute atomic E-state index is 5.53. The summed E-state index contributed by atoms with van der Waals surface area (Å²) in [5, 5.41) is 0. The van der Waals surface area contributed by atoms with Gasteiger partial charge in [0.05, 0.1) is 13.2 Å². The molecule has 1 atom stereocenters. The molecule has 0 aromatic heterocycles. The van der Waals surface area contributed by atoms with Crippen LogP contribution in [0.4, 0.5) is 0 Å². The molecule has 0 fully saturated rings. The molecule has 23 heavy (non-hydrogen) atoms. The minimum Gasteiger partial charge on any atom is -0.518 e. The van der Waals surface area contributed by atoms with Gasteiger partial charge in [0.2, 0.25) is 0 Å². The third kappa shape index (κ3) is 27.2. The van der Waals surface area contributed by atoms with E-state index in [4.69, 9.17) is 22.6 Å². The van der Waals surface area contributed by atoms with Gasteiger partial charge in [-0.25, -0.2) is 6.08 Å². The zero-order valence-electron chi connectivity index (χ0n) is 16.2. The normalized spacial score (nSPS) is 10.9. The van der Waals surface area contributed by atoms with E-state index < -0.39 is 0 Å². The molecule has 0 aromatic carbocycles. The smallest absolute Gasteiger partial charge is 0.518 e. The molecule has 0 unspecified atom stereocenters. The molecule has 0 amide bonds. The topological polar surface area (TPSA) is 18.5 Å². The first-order valence-electron chi connectivity index (χ1n) is 9.04. The quantitative estimate of drug-likeness (QED) is 0.263. The molecule has 132 valence electrons. The molecule has 0 saturated carbocycles. The number of rotatable bonds is 15. The van der Waals surface area contributed by atoms with Crippen molar-refractivity contribution in [3.05, 3.63) is 25.3 Å². The van der Waals surface area contributed by atoms with Crippen molar-refractivity contribution in [2.75, 3.05) is 19.8 Å². The molecule has 0 heterocycles. The third-order valence-electron chi connectivity index (χ3n) is 3.29. The van der Waals surface area contributed by atoms with Crippen LogP contribution in [0.3, 0.4) is 0 Å². The van der Waals surface area contributed by atoms with Crippen LogP contribution in [-0.2, 0) is 9.47 Å². The van der Waals surface area contributed by atoms with Gasteiger partial charge in [-0.2, -0.15) is 0 Å². The van der Waals surface area contributed by atoms with Gasteiger partial charge in [0.25, 0.3) is 0 Å². The van der Waals surface area contributed by atoms with Crippen molar-refractivity contribution in [1.29, 1.82) is 0 Å². The van der Waals surface area contributed by atoms with E-state index in [1.165, 1.54) is 44.9 Å². The minimum atomic E-state index is 0. The Morgan fingerprint density at radius 3 is 2.04 bits per heavy atom. The van der Waals surface area contributed by atoms with Gasteiger partial charge in [-0.3, -0.25) is 6.08 Å². The molecule has 0 rings (SSSR count). The van der Waals surface area contributed by atoms with Gasteiger partial charge in [-0.1, -0.05) is 65.2 Å². The van der Waals surface area contributed by atoms with E-state index in [1.54, 1.807) is 12.2 Å². The van der Waals surface area contributed by atoms with Crippen LogP contribution in [0.25, 0.3) is 0 Å². The van der Waals surface area contributed by atoms with Crippen LogP contribution in [0, 0.1) is 13.2 Å². The Hall–Kier alpha value is -0.00260. The van der Waals surface area contributed by atoms with E-state index >= 15 is 0 Å². The monoisotopic (exact) mass is 317 g/mol. The summed E-state index contributed by atoms with van der Waals surface area (Å²) >= 11 is 0. The van der Waals surface area contributed by atoms with Gasteiger partial charge in [-0.05, 0) is 13.3 Å². The molecule has 0 spiro atoms. The Balaban J connectivity index is -0.000000382. The molecule has 0 aliphatic rings. The summed E-state index contributed by atoms with van der Waals surface area (Å²) in [6.07, 6.45) is 14.5. The first kappa shape index (κ1) is 27.8. The van der Waals surface area contributed by atoms with Crippen molar-refractivity contribution >= 4 is 0 Å². The van der Waals surface area contributed by atoms with Crippen molar-refractivity contribution < 1.29 is 28.3 Å². The average molecular weight is 317 g/mol. The number of hydrogen-bond donors (Lipinski definition) is 0. The van der Waals surface area contributed by atoms with Crippen molar-refractivity contribution in [2.45, 2.75) is 84.7 Å². The zero-order chi connectivity index (χ0) is 16.9. The number of ether oxygens (including phenoxy) is 2. The van der Waals surface area contributed by atoms with E-state index in [1.807, 2.05) is 6.92 Å². The van der Waals surface area contributed by atoms with Crippen LogP contribution < -0.4 is 18.9 Å². The average Bonchev–Trinajstić information content (AvgIpc) is 2.55. The fourth-order valence-electron chi connectivity index (χ4n) is 1.92. The first-order chi connectivity index (χ1) is 10.8. The first-order valence-corrected chi connectivity index (χ1v) is 9.04. The summed E-state index contributed by atoms with van der Waals surface area (Å²) in [7, 11) is 0. The second kappa shape index (κ2) is 26.9. The van der Waals surface area contributed by atoms with Gasteiger partial charge < -0.3 is 22.6 Å². The number of unbranched alkanes of at least 4 members (excludes halogenated alkanes) is 6. The van der Waals surface area contributed by atoms with Gasteiger partial charge in [-0.15, -0.1) is 0 Å². The maximum atomic E-state index is 5.53. The van der Waals surface area contributed by atoms with E-state index in [0.717, 1.165) is 19.4 Å². The van der Waals surface area contributed by atoms with Gasteiger partial charge >= 0.3 is 18.9 Å². The van der Waals surface area contributed by atoms with Crippen LogP contribution in [0.5, 0.6) is 0 Å². The predicted molar refractivity (Wildman–Crippen MR) is 96.9 cm³/mol. The van der Waals surface area contributed by atoms with Gasteiger partial charge in [0.1, 0.15) is 0 Å². The van der Waals surface area contributed by atoms with Crippen LogP contribution in [0.15, 0.2) is 12.2 Å². The Morgan fingerprint density at radius 2 is 1.52 bits per heavy atom. The fourth-order valence-corrected chi connectivity index (χ4v) is 1.92. The number of allylic oxidation sites excluding steroid dienone is 1. The standard InChI is InChI=1S/C12H23O2.C8H15.Li/c1-4-7-8-9-12(5-2)14-11-10-13-6-3;1-3-5-7-8-6-4-2;/h2,5,12H,4,6-11H2,1,3H3;1,3H,4-8H2,2H3;/q2*-1;+1/t12-;;/m1../s1. The van der Waals surface area contributed by atoms with E-state index in [0.29, 0.717) is 13.2 Å². The Kier molecular flexibility index (Phi) is 32.5. The molecular weight excluding hydrogens is 279 g/mol. The maximum Gasteiger partial charge on any atom is 1.00 e. The molecule has 2 nitrogen and oxygen atoms in total. The summed E-state index contributed by atoms with van der Waals surface area (Å²) in [6.45, 7) is 19.1. The molecule has 0 aromatic rings. The van der Waals surface area contributed by atoms with Crippen LogP contribution >= 0.6 is 0 Å². The van der Waals surface area contributed by atoms with E-state index in [2.05, 4.69) is 13.8 Å². The molecule has 0 bridgehead atoms. The molecule has 0 saturated heterocycles. The summed E-state index contributed by atoms with van der Waals surface area (Å²) < 4.78 is 10.7. The summed E-state index contributed by atoms with van der Waals surface area (Å²) in [5.74, 6) is 0. The fraction of sp³-hybridized carbons (Fsp3) is 0.800. The van der Waals surface area contributed by atoms with E-state index in [-0.39, 0.29) is 25.0 Å². The summed E-state index contributed by atoms with van der Waals surface area (Å²) in [6, 6.07) is 0.